The van der Waals surface area contributed by atoms with Crippen LogP contribution in [0.1, 0.15) is 35.4 Å². The van der Waals surface area contributed by atoms with E-state index in [1.54, 1.807) is 6.92 Å². The Kier molecular flexibility index (Phi) is 4.57. The predicted molar refractivity (Wildman–Crippen MR) is 89.0 cm³/mol. The van der Waals surface area contributed by atoms with Crippen molar-refractivity contribution in [3.63, 3.8) is 0 Å². The molecule has 2 atom stereocenters. The van der Waals surface area contributed by atoms with Crippen molar-refractivity contribution in [2.75, 3.05) is 0 Å². The molecule has 0 fully saturated rings. The van der Waals surface area contributed by atoms with Crippen LogP contribution in [0.2, 0.25) is 0 Å². The topological polar surface area (TPSA) is 78.0 Å². The van der Waals surface area contributed by atoms with Crippen molar-refractivity contribution in [2.45, 2.75) is 25.5 Å². The first-order valence-electron chi connectivity index (χ1n) is 7.71. The van der Waals surface area contributed by atoms with Gasteiger partial charge in [-0.05, 0) is 31.0 Å². The number of halogens is 1. The average Bonchev–Trinajstić information content (AvgIpc) is 3.02. The molecule has 3 aromatic rings. The number of aliphatic hydroxyl groups is 1. The van der Waals surface area contributed by atoms with E-state index >= 15 is 0 Å². The van der Waals surface area contributed by atoms with Gasteiger partial charge in [0.15, 0.2) is 0 Å². The van der Waals surface area contributed by atoms with Gasteiger partial charge in [-0.3, -0.25) is 4.79 Å². The first-order valence-corrected chi connectivity index (χ1v) is 7.71. The molecule has 1 amide bonds. The standard InChI is InChI=1S/C18H18FN3O2/c1-11(7-16(23)12-5-3-2-4-6-12)22-18(24)14-8-13(19)9-15-17(14)21-10-20-15/h2-6,8-11,16,23H,7H2,1H3,(H,20,21)(H,22,24)/t11-,16-/m1/s1. The summed E-state index contributed by atoms with van der Waals surface area (Å²) in [5, 5.41) is 13.0. The van der Waals surface area contributed by atoms with Crippen LogP contribution in [0.4, 0.5) is 4.39 Å². The summed E-state index contributed by atoms with van der Waals surface area (Å²) in [6.45, 7) is 1.80. The van der Waals surface area contributed by atoms with Crippen LogP contribution in [0.25, 0.3) is 11.0 Å². The SMILES string of the molecule is C[C@H](C[C@@H](O)c1ccccc1)NC(=O)c1cc(F)cc2[nH]cnc12. The molecule has 0 spiro atoms. The van der Waals surface area contributed by atoms with Crippen LogP contribution in [-0.4, -0.2) is 27.0 Å². The minimum Gasteiger partial charge on any atom is -0.388 e. The number of carbonyl (C=O) groups is 1. The van der Waals surface area contributed by atoms with Gasteiger partial charge in [0.25, 0.3) is 5.91 Å². The van der Waals surface area contributed by atoms with Gasteiger partial charge in [0.1, 0.15) is 11.3 Å². The second-order valence-electron chi connectivity index (χ2n) is 5.79. The molecule has 24 heavy (non-hydrogen) atoms. The summed E-state index contributed by atoms with van der Waals surface area (Å²) in [5.74, 6) is -0.923. The Morgan fingerprint density at radius 1 is 1.33 bits per heavy atom. The first-order chi connectivity index (χ1) is 11.5. The zero-order valence-electron chi connectivity index (χ0n) is 13.2. The highest BCUT2D eigenvalue weighted by molar-refractivity contribution is 6.04. The fourth-order valence-electron chi connectivity index (χ4n) is 2.69. The molecule has 0 saturated carbocycles. The molecule has 2 aromatic carbocycles. The third kappa shape index (κ3) is 3.44. The Bertz CT molecular complexity index is 848. The highest BCUT2D eigenvalue weighted by Gasteiger charge is 2.18. The number of aromatic nitrogens is 2. The number of nitrogens with zero attached hydrogens (tertiary/aromatic N) is 1. The number of benzene rings is 2. The number of carbonyl (C=O) groups excluding carboxylic acids is 1. The number of amides is 1. The summed E-state index contributed by atoms with van der Waals surface area (Å²) in [4.78, 5) is 19.3. The van der Waals surface area contributed by atoms with Crippen molar-refractivity contribution >= 4 is 16.9 Å². The molecule has 3 rings (SSSR count). The van der Waals surface area contributed by atoms with Crippen molar-refractivity contribution in [3.05, 3.63) is 65.7 Å². The van der Waals surface area contributed by atoms with Crippen molar-refractivity contribution < 1.29 is 14.3 Å². The lowest BCUT2D eigenvalue weighted by molar-refractivity contribution is 0.0918. The van der Waals surface area contributed by atoms with Crippen LogP contribution >= 0.6 is 0 Å². The largest absolute Gasteiger partial charge is 0.388 e. The fraction of sp³-hybridized carbons (Fsp3) is 0.222. The molecular formula is C18H18FN3O2. The lowest BCUT2D eigenvalue weighted by Crippen LogP contribution is -2.34. The van der Waals surface area contributed by atoms with Gasteiger partial charge in [-0.2, -0.15) is 0 Å². The van der Waals surface area contributed by atoms with E-state index in [0.29, 0.717) is 17.5 Å². The number of H-pyrrole nitrogens is 1. The zero-order chi connectivity index (χ0) is 17.1. The van der Waals surface area contributed by atoms with Gasteiger partial charge < -0.3 is 15.4 Å². The summed E-state index contributed by atoms with van der Waals surface area (Å²) in [6, 6.07) is 11.4. The normalized spacial score (nSPS) is 13.6. The van der Waals surface area contributed by atoms with Gasteiger partial charge in [-0.1, -0.05) is 30.3 Å². The second kappa shape index (κ2) is 6.80. The summed E-state index contributed by atoms with van der Waals surface area (Å²) in [6.07, 6.45) is 1.09. The minimum atomic E-state index is -0.681. The number of rotatable bonds is 5. The van der Waals surface area contributed by atoms with Gasteiger partial charge in [-0.25, -0.2) is 9.37 Å². The van der Waals surface area contributed by atoms with Crippen LogP contribution < -0.4 is 5.32 Å². The minimum absolute atomic E-state index is 0.173. The third-order valence-electron chi connectivity index (χ3n) is 3.87. The lowest BCUT2D eigenvalue weighted by Gasteiger charge is -2.18. The van der Waals surface area contributed by atoms with Crippen molar-refractivity contribution in [1.29, 1.82) is 0 Å². The van der Waals surface area contributed by atoms with Gasteiger partial charge in [0.2, 0.25) is 0 Å². The quantitative estimate of drug-likeness (QED) is 0.674. The number of fused-ring (bicyclic) bond motifs is 1. The Labute approximate surface area is 138 Å². The molecule has 0 bridgehead atoms. The number of imidazole rings is 1. The second-order valence-corrected chi connectivity index (χ2v) is 5.79. The van der Waals surface area contributed by atoms with Crippen LogP contribution in [0.5, 0.6) is 0 Å². The Balaban J connectivity index is 1.71. The molecule has 0 aliphatic rings. The van der Waals surface area contributed by atoms with Crippen molar-refractivity contribution in [3.8, 4) is 0 Å². The predicted octanol–water partition coefficient (Wildman–Crippen LogP) is 2.94. The summed E-state index contributed by atoms with van der Waals surface area (Å²) < 4.78 is 13.6. The van der Waals surface area contributed by atoms with Gasteiger partial charge in [0.05, 0.1) is 23.5 Å². The van der Waals surface area contributed by atoms with Crippen LogP contribution in [0.15, 0.2) is 48.8 Å². The van der Waals surface area contributed by atoms with E-state index in [0.717, 1.165) is 5.56 Å². The number of hydrogen-bond acceptors (Lipinski definition) is 3. The number of aliphatic hydroxyl groups excluding tert-OH is 1. The van der Waals surface area contributed by atoms with Crippen molar-refractivity contribution in [1.82, 2.24) is 15.3 Å². The van der Waals surface area contributed by atoms with Gasteiger partial charge >= 0.3 is 0 Å². The van der Waals surface area contributed by atoms with Gasteiger partial charge in [0, 0.05) is 6.04 Å². The third-order valence-corrected chi connectivity index (χ3v) is 3.87. The maximum atomic E-state index is 13.6. The Morgan fingerprint density at radius 2 is 2.08 bits per heavy atom. The highest BCUT2D eigenvalue weighted by atomic mass is 19.1. The van der Waals surface area contributed by atoms with Crippen molar-refractivity contribution in [2.24, 2.45) is 0 Å². The molecule has 0 aliphatic carbocycles. The van der Waals surface area contributed by atoms with E-state index in [-0.39, 0.29) is 11.6 Å². The molecule has 0 saturated heterocycles. The molecule has 124 valence electrons. The Hall–Kier alpha value is -2.73. The molecule has 0 unspecified atom stereocenters. The van der Waals surface area contributed by atoms with E-state index in [9.17, 15) is 14.3 Å². The van der Waals surface area contributed by atoms with E-state index in [2.05, 4.69) is 15.3 Å². The molecule has 6 heteroatoms. The maximum absolute atomic E-state index is 13.6. The number of aromatic amines is 1. The van der Waals surface area contributed by atoms with Crippen LogP contribution in [0, 0.1) is 5.82 Å². The fourth-order valence-corrected chi connectivity index (χ4v) is 2.69. The van der Waals surface area contributed by atoms with E-state index in [4.69, 9.17) is 0 Å². The summed E-state index contributed by atoms with van der Waals surface area (Å²) in [7, 11) is 0. The maximum Gasteiger partial charge on any atom is 0.253 e. The Morgan fingerprint density at radius 3 is 2.83 bits per heavy atom. The monoisotopic (exact) mass is 327 g/mol. The summed E-state index contributed by atoms with van der Waals surface area (Å²) in [5.41, 5.74) is 1.85. The lowest BCUT2D eigenvalue weighted by atomic mass is 10.0. The number of nitrogens with one attached hydrogen (secondary N) is 2. The molecule has 1 aromatic heterocycles. The summed E-state index contributed by atoms with van der Waals surface area (Å²) >= 11 is 0. The zero-order valence-corrected chi connectivity index (χ0v) is 13.2. The molecule has 3 N–H and O–H groups in total. The number of hydrogen-bond donors (Lipinski definition) is 3. The molecular weight excluding hydrogens is 309 g/mol. The molecule has 0 aliphatic heterocycles. The molecule has 5 nitrogen and oxygen atoms in total. The van der Waals surface area contributed by atoms with E-state index < -0.39 is 17.8 Å². The highest BCUT2D eigenvalue weighted by Crippen LogP contribution is 2.20. The smallest absolute Gasteiger partial charge is 0.253 e. The van der Waals surface area contributed by atoms with E-state index in [1.807, 2.05) is 30.3 Å². The molecule has 1 heterocycles. The molecule has 0 radical (unpaired) electrons. The average molecular weight is 327 g/mol. The van der Waals surface area contributed by atoms with Crippen LogP contribution in [0.3, 0.4) is 0 Å². The first kappa shape index (κ1) is 16.1. The van der Waals surface area contributed by atoms with Gasteiger partial charge in [-0.15, -0.1) is 0 Å². The van der Waals surface area contributed by atoms with E-state index in [1.165, 1.54) is 18.5 Å². The van der Waals surface area contributed by atoms with Crippen LogP contribution in [-0.2, 0) is 0 Å².